The van der Waals surface area contributed by atoms with Gasteiger partial charge in [-0.3, -0.25) is 9.59 Å². The van der Waals surface area contributed by atoms with E-state index in [-0.39, 0.29) is 13.0 Å². The van der Waals surface area contributed by atoms with Crippen molar-refractivity contribution in [2.45, 2.75) is 19.0 Å². The Hall–Kier alpha value is -4.27. The van der Waals surface area contributed by atoms with Gasteiger partial charge in [0.25, 0.3) is 5.91 Å². The van der Waals surface area contributed by atoms with Crippen LogP contribution in [-0.2, 0) is 16.1 Å². The summed E-state index contributed by atoms with van der Waals surface area (Å²) < 4.78 is 15.6. The van der Waals surface area contributed by atoms with Crippen LogP contribution in [0.1, 0.15) is 12.2 Å². The number of hydrogen-bond acceptors (Lipinski definition) is 6. The molecule has 4 amide bonds. The Labute approximate surface area is 190 Å². The highest BCUT2D eigenvalue weighted by molar-refractivity contribution is 6.22. The Bertz CT molecular complexity index is 1130. The third-order valence-electron chi connectivity index (χ3n) is 5.31. The lowest BCUT2D eigenvalue weighted by molar-refractivity contribution is -0.124. The number of carbonyl (C=O) groups excluding carboxylic acids is 3. The van der Waals surface area contributed by atoms with E-state index in [0.29, 0.717) is 28.6 Å². The van der Waals surface area contributed by atoms with Gasteiger partial charge in [0.2, 0.25) is 5.91 Å². The summed E-state index contributed by atoms with van der Waals surface area (Å²) in [5, 5.41) is 2.76. The maximum absolute atomic E-state index is 13.3. The normalized spacial score (nSPS) is 15.6. The lowest BCUT2D eigenvalue weighted by atomic mass is 10.1. The second-order valence-electron chi connectivity index (χ2n) is 7.36. The lowest BCUT2D eigenvalue weighted by Crippen LogP contribution is -2.37. The average Bonchev–Trinajstić information content (AvgIpc) is 3.42. The Morgan fingerprint density at radius 3 is 2.18 bits per heavy atom. The zero-order chi connectivity index (χ0) is 23.4. The highest BCUT2D eigenvalue weighted by atomic mass is 16.5. The standard InChI is InChI=1S/C24H23N3O6/c1-31-18-9-5-16(6-10-18)25-22(28)14-21-23(29)27(17-7-11-19(32-2)12-8-17)24(30)26(21)15-20-4-3-13-33-20/h3-13,21H,14-15H2,1-2H3,(H,25,28)/t21-/m1/s1. The van der Waals surface area contributed by atoms with Crippen LogP contribution in [0.5, 0.6) is 11.5 Å². The predicted octanol–water partition coefficient (Wildman–Crippen LogP) is 3.66. The first kappa shape index (κ1) is 21.9. The number of benzene rings is 2. The smallest absolute Gasteiger partial charge is 0.332 e. The summed E-state index contributed by atoms with van der Waals surface area (Å²) in [6.07, 6.45) is 1.29. The van der Waals surface area contributed by atoms with Crippen molar-refractivity contribution in [3.8, 4) is 11.5 Å². The average molecular weight is 449 g/mol. The SMILES string of the molecule is COc1ccc(NC(=O)C[C@@H]2C(=O)N(c3ccc(OC)cc3)C(=O)N2Cc2ccco2)cc1. The number of hydrogen-bond donors (Lipinski definition) is 1. The van der Waals surface area contributed by atoms with E-state index < -0.39 is 23.9 Å². The molecule has 33 heavy (non-hydrogen) atoms. The Morgan fingerprint density at radius 2 is 1.61 bits per heavy atom. The van der Waals surface area contributed by atoms with Gasteiger partial charge < -0.3 is 24.1 Å². The van der Waals surface area contributed by atoms with Crippen molar-refractivity contribution in [3.05, 3.63) is 72.7 Å². The highest BCUT2D eigenvalue weighted by Gasteiger charge is 2.47. The number of furan rings is 1. The van der Waals surface area contributed by atoms with E-state index in [1.54, 1.807) is 67.8 Å². The molecule has 1 atom stereocenters. The Morgan fingerprint density at radius 1 is 0.970 bits per heavy atom. The number of nitrogens with one attached hydrogen (secondary N) is 1. The number of amides is 4. The number of urea groups is 1. The van der Waals surface area contributed by atoms with E-state index in [9.17, 15) is 14.4 Å². The summed E-state index contributed by atoms with van der Waals surface area (Å²) in [5.74, 6) is 0.882. The number of rotatable bonds is 8. The lowest BCUT2D eigenvalue weighted by Gasteiger charge is -2.20. The summed E-state index contributed by atoms with van der Waals surface area (Å²) in [7, 11) is 3.09. The molecule has 170 valence electrons. The van der Waals surface area contributed by atoms with E-state index in [1.165, 1.54) is 18.3 Å². The number of nitrogens with zero attached hydrogens (tertiary/aromatic N) is 2. The molecule has 4 rings (SSSR count). The largest absolute Gasteiger partial charge is 0.497 e. The molecule has 1 aliphatic rings. The van der Waals surface area contributed by atoms with Gasteiger partial charge in [-0.25, -0.2) is 9.69 Å². The van der Waals surface area contributed by atoms with Gasteiger partial charge in [-0.05, 0) is 60.7 Å². The quantitative estimate of drug-likeness (QED) is 0.527. The maximum Gasteiger partial charge on any atom is 0.332 e. The van der Waals surface area contributed by atoms with Gasteiger partial charge in [-0.1, -0.05) is 0 Å². The van der Waals surface area contributed by atoms with E-state index in [0.717, 1.165) is 4.90 Å². The van der Waals surface area contributed by atoms with E-state index in [1.807, 2.05) is 0 Å². The number of anilines is 2. The first-order valence-electron chi connectivity index (χ1n) is 10.2. The van der Waals surface area contributed by atoms with Crippen molar-refractivity contribution in [2.75, 3.05) is 24.4 Å². The summed E-state index contributed by atoms with van der Waals surface area (Å²) >= 11 is 0. The molecule has 9 heteroatoms. The third kappa shape index (κ3) is 4.67. The first-order chi connectivity index (χ1) is 16.0. The van der Waals surface area contributed by atoms with E-state index >= 15 is 0 Å². The maximum atomic E-state index is 13.3. The van der Waals surface area contributed by atoms with Crippen LogP contribution in [0.3, 0.4) is 0 Å². The van der Waals surface area contributed by atoms with Crippen LogP contribution in [0.25, 0.3) is 0 Å². The van der Waals surface area contributed by atoms with Crippen LogP contribution in [0.15, 0.2) is 71.3 Å². The molecule has 0 aliphatic carbocycles. The molecule has 3 aromatic rings. The second kappa shape index (κ2) is 9.47. The second-order valence-corrected chi connectivity index (χ2v) is 7.36. The van der Waals surface area contributed by atoms with Crippen LogP contribution in [0.4, 0.5) is 16.2 Å². The zero-order valence-electron chi connectivity index (χ0n) is 18.2. The van der Waals surface area contributed by atoms with Crippen LogP contribution >= 0.6 is 0 Å². The van der Waals surface area contributed by atoms with Gasteiger partial charge in [-0.15, -0.1) is 0 Å². The third-order valence-corrected chi connectivity index (χ3v) is 5.31. The highest BCUT2D eigenvalue weighted by Crippen LogP contribution is 2.30. The van der Waals surface area contributed by atoms with Crippen molar-refractivity contribution in [2.24, 2.45) is 0 Å². The van der Waals surface area contributed by atoms with Gasteiger partial charge in [0.1, 0.15) is 23.3 Å². The van der Waals surface area contributed by atoms with Crippen LogP contribution in [0, 0.1) is 0 Å². The minimum atomic E-state index is -0.983. The van der Waals surface area contributed by atoms with Crippen molar-refractivity contribution in [1.82, 2.24) is 4.90 Å². The van der Waals surface area contributed by atoms with Crippen LogP contribution in [0.2, 0.25) is 0 Å². The molecule has 0 radical (unpaired) electrons. The van der Waals surface area contributed by atoms with Crippen molar-refractivity contribution < 1.29 is 28.3 Å². The number of imide groups is 1. The van der Waals surface area contributed by atoms with Gasteiger partial charge in [0.15, 0.2) is 0 Å². The molecule has 9 nitrogen and oxygen atoms in total. The molecule has 0 bridgehead atoms. The number of carbonyl (C=O) groups is 3. The van der Waals surface area contributed by atoms with Gasteiger partial charge >= 0.3 is 6.03 Å². The molecular formula is C24H23N3O6. The Kier molecular flexibility index (Phi) is 6.30. The first-order valence-corrected chi connectivity index (χ1v) is 10.2. The number of ether oxygens (including phenoxy) is 2. The summed E-state index contributed by atoms with van der Waals surface area (Å²) in [6, 6.07) is 15.3. The van der Waals surface area contributed by atoms with E-state index in [2.05, 4.69) is 5.32 Å². The number of methoxy groups -OCH3 is 2. The fourth-order valence-electron chi connectivity index (χ4n) is 3.62. The molecule has 2 aromatic carbocycles. The van der Waals surface area contributed by atoms with Crippen molar-refractivity contribution in [3.63, 3.8) is 0 Å². The topological polar surface area (TPSA) is 101 Å². The molecule has 1 N–H and O–H groups in total. The monoisotopic (exact) mass is 449 g/mol. The molecule has 1 fully saturated rings. The van der Waals surface area contributed by atoms with Crippen molar-refractivity contribution in [1.29, 1.82) is 0 Å². The molecule has 1 aliphatic heterocycles. The molecule has 2 heterocycles. The van der Waals surface area contributed by atoms with Gasteiger partial charge in [-0.2, -0.15) is 0 Å². The zero-order valence-corrected chi connectivity index (χ0v) is 18.2. The molecular weight excluding hydrogens is 426 g/mol. The Balaban J connectivity index is 1.56. The fraction of sp³-hybridized carbons (Fsp3) is 0.208. The minimum absolute atomic E-state index is 0.0602. The fourth-order valence-corrected chi connectivity index (χ4v) is 3.62. The molecule has 1 saturated heterocycles. The van der Waals surface area contributed by atoms with Crippen LogP contribution in [-0.4, -0.2) is 43.0 Å². The van der Waals surface area contributed by atoms with Crippen LogP contribution < -0.4 is 19.7 Å². The minimum Gasteiger partial charge on any atom is -0.497 e. The molecule has 0 unspecified atom stereocenters. The van der Waals surface area contributed by atoms with Crippen molar-refractivity contribution >= 4 is 29.2 Å². The van der Waals surface area contributed by atoms with Gasteiger partial charge in [0, 0.05) is 5.69 Å². The molecule has 0 saturated carbocycles. The van der Waals surface area contributed by atoms with Gasteiger partial charge in [0.05, 0.1) is 39.1 Å². The summed E-state index contributed by atoms with van der Waals surface area (Å²) in [5.41, 5.74) is 0.954. The summed E-state index contributed by atoms with van der Waals surface area (Å²) in [4.78, 5) is 41.7. The van der Waals surface area contributed by atoms with E-state index in [4.69, 9.17) is 13.9 Å². The molecule has 1 aromatic heterocycles. The molecule has 0 spiro atoms. The summed E-state index contributed by atoms with van der Waals surface area (Å²) in [6.45, 7) is 0.0602. The predicted molar refractivity (Wildman–Crippen MR) is 120 cm³/mol.